The normalized spacial score (nSPS) is 23.9. The summed E-state index contributed by atoms with van der Waals surface area (Å²) in [5.74, 6) is 1.53. The third-order valence-corrected chi connectivity index (χ3v) is 7.05. The van der Waals surface area contributed by atoms with Crippen molar-refractivity contribution in [2.45, 2.75) is 57.0 Å². The molecule has 2 aliphatic rings. The van der Waals surface area contributed by atoms with Crippen molar-refractivity contribution in [2.75, 3.05) is 25.0 Å². The topological polar surface area (TPSA) is 90.1 Å². The maximum atomic E-state index is 13.2. The van der Waals surface area contributed by atoms with Gasteiger partial charge in [-0.05, 0) is 36.8 Å². The molecule has 1 aliphatic carbocycles. The minimum Gasteiger partial charge on any atom is -0.385 e. The van der Waals surface area contributed by atoms with Gasteiger partial charge in [-0.15, -0.1) is 0 Å². The number of hydrogen-bond donors (Lipinski definition) is 3. The highest BCUT2D eigenvalue weighted by Gasteiger charge is 2.38. The molecule has 3 N–H and O–H groups in total. The molecule has 0 radical (unpaired) electrons. The molecule has 1 aromatic heterocycles. The molecule has 4 rings (SSSR count). The van der Waals surface area contributed by atoms with E-state index in [0.29, 0.717) is 37.8 Å². The molecule has 1 aromatic carbocycles. The lowest BCUT2D eigenvalue weighted by Crippen LogP contribution is -2.55. The Morgan fingerprint density at radius 1 is 1.22 bits per heavy atom. The molecule has 4 atom stereocenters. The summed E-state index contributed by atoms with van der Waals surface area (Å²) < 4.78 is 0. The molecule has 7 heteroatoms. The number of aldehydes is 1. The standard InChI is InChI=1S/C25H35N5O2/c31-17-23(13-22-14-26-18-29-22)28-15-24-12-19-6-4-5-7-20(19)16-30(24)25(32)10-11-27-21-8-2-1-3-9-21/h1-3,8-9,14,17-20,23-24,27-28H,4-7,10-13,15-16H2,(H,26,29)/t19-,20-,23+,24+/m1/s1. The number of imidazole rings is 1. The summed E-state index contributed by atoms with van der Waals surface area (Å²) in [5, 5.41) is 6.77. The number of para-hydroxylation sites is 1. The van der Waals surface area contributed by atoms with Crippen molar-refractivity contribution in [1.29, 1.82) is 0 Å². The van der Waals surface area contributed by atoms with Gasteiger partial charge in [-0.25, -0.2) is 4.98 Å². The Balaban J connectivity index is 1.35. The summed E-state index contributed by atoms with van der Waals surface area (Å²) in [5.41, 5.74) is 1.97. The van der Waals surface area contributed by atoms with Crippen molar-refractivity contribution in [3.05, 3.63) is 48.5 Å². The number of anilines is 1. The van der Waals surface area contributed by atoms with E-state index < -0.39 is 0 Å². The van der Waals surface area contributed by atoms with Crippen molar-refractivity contribution in [3.63, 3.8) is 0 Å². The number of amides is 1. The fraction of sp³-hybridized carbons (Fsp3) is 0.560. The Morgan fingerprint density at radius 2 is 2.03 bits per heavy atom. The van der Waals surface area contributed by atoms with E-state index in [4.69, 9.17) is 0 Å². The van der Waals surface area contributed by atoms with Gasteiger partial charge in [0.25, 0.3) is 0 Å². The number of carbonyl (C=O) groups excluding carboxylic acids is 2. The van der Waals surface area contributed by atoms with Crippen LogP contribution < -0.4 is 10.6 Å². The highest BCUT2D eigenvalue weighted by atomic mass is 16.2. The zero-order valence-corrected chi connectivity index (χ0v) is 18.7. The number of benzene rings is 1. The van der Waals surface area contributed by atoms with Crippen molar-refractivity contribution in [3.8, 4) is 0 Å². The van der Waals surface area contributed by atoms with E-state index in [2.05, 4.69) is 25.5 Å². The van der Waals surface area contributed by atoms with Crippen LogP contribution >= 0.6 is 0 Å². The van der Waals surface area contributed by atoms with E-state index in [1.807, 2.05) is 30.3 Å². The van der Waals surface area contributed by atoms with Crippen LogP contribution in [0.1, 0.15) is 44.2 Å². The number of aromatic amines is 1. The van der Waals surface area contributed by atoms with E-state index in [9.17, 15) is 9.59 Å². The van der Waals surface area contributed by atoms with Gasteiger partial charge in [0.15, 0.2) is 0 Å². The van der Waals surface area contributed by atoms with E-state index in [0.717, 1.165) is 30.6 Å². The predicted molar refractivity (Wildman–Crippen MR) is 125 cm³/mol. The molecule has 0 bridgehead atoms. The van der Waals surface area contributed by atoms with Crippen molar-refractivity contribution < 1.29 is 9.59 Å². The zero-order chi connectivity index (χ0) is 22.2. The number of aromatic nitrogens is 2. The van der Waals surface area contributed by atoms with E-state index >= 15 is 0 Å². The number of likely N-dealkylation sites (tertiary alicyclic amines) is 1. The summed E-state index contributed by atoms with van der Waals surface area (Å²) in [6.45, 7) is 2.14. The number of carbonyl (C=O) groups is 2. The molecule has 1 saturated heterocycles. The lowest BCUT2D eigenvalue weighted by Gasteiger charge is -2.46. The number of hydrogen-bond acceptors (Lipinski definition) is 5. The Morgan fingerprint density at radius 3 is 2.78 bits per heavy atom. The maximum Gasteiger partial charge on any atom is 0.224 e. The Bertz CT molecular complexity index is 841. The van der Waals surface area contributed by atoms with Crippen molar-refractivity contribution >= 4 is 17.9 Å². The van der Waals surface area contributed by atoms with Gasteiger partial charge in [0.2, 0.25) is 5.91 Å². The minimum absolute atomic E-state index is 0.141. The molecule has 0 spiro atoms. The molecule has 2 aromatic rings. The number of H-pyrrole nitrogens is 1. The van der Waals surface area contributed by atoms with Crippen LogP contribution in [0.15, 0.2) is 42.9 Å². The molecular formula is C25H35N5O2. The highest BCUT2D eigenvalue weighted by Crippen LogP contribution is 2.38. The summed E-state index contributed by atoms with van der Waals surface area (Å²) >= 11 is 0. The smallest absolute Gasteiger partial charge is 0.224 e. The second kappa shape index (κ2) is 11.3. The lowest BCUT2D eigenvalue weighted by atomic mass is 9.73. The number of nitrogens with zero attached hydrogens (tertiary/aromatic N) is 2. The van der Waals surface area contributed by atoms with Crippen LogP contribution in [-0.4, -0.2) is 58.8 Å². The molecule has 2 fully saturated rings. The average Bonchev–Trinajstić information content (AvgIpc) is 3.35. The van der Waals surface area contributed by atoms with Gasteiger partial charge < -0.3 is 25.3 Å². The molecule has 1 amide bonds. The molecule has 1 saturated carbocycles. The maximum absolute atomic E-state index is 13.2. The quantitative estimate of drug-likeness (QED) is 0.497. The zero-order valence-electron chi connectivity index (χ0n) is 18.7. The second-order valence-corrected chi connectivity index (χ2v) is 9.21. The third-order valence-electron chi connectivity index (χ3n) is 7.05. The van der Waals surface area contributed by atoms with Crippen LogP contribution in [0, 0.1) is 11.8 Å². The van der Waals surface area contributed by atoms with Crippen molar-refractivity contribution in [2.24, 2.45) is 11.8 Å². The summed E-state index contributed by atoms with van der Waals surface area (Å²) in [7, 11) is 0. The van der Waals surface area contributed by atoms with Crippen LogP contribution in [0.25, 0.3) is 0 Å². The van der Waals surface area contributed by atoms with Gasteiger partial charge in [0.1, 0.15) is 6.29 Å². The summed E-state index contributed by atoms with van der Waals surface area (Å²) in [6.07, 6.45) is 11.5. The average molecular weight is 438 g/mol. The third kappa shape index (κ3) is 5.97. The lowest BCUT2D eigenvalue weighted by molar-refractivity contribution is -0.137. The minimum atomic E-state index is -0.281. The van der Waals surface area contributed by atoms with Crippen molar-refractivity contribution in [1.82, 2.24) is 20.2 Å². The monoisotopic (exact) mass is 437 g/mol. The van der Waals surface area contributed by atoms with Crippen LogP contribution in [0.4, 0.5) is 5.69 Å². The van der Waals surface area contributed by atoms with Crippen LogP contribution in [0.5, 0.6) is 0 Å². The molecule has 1 aliphatic heterocycles. The first-order chi connectivity index (χ1) is 15.7. The SMILES string of the molecule is O=C[C@H](Cc1cnc[nH]1)NC[C@@H]1C[C@H]2CCCC[C@@H]2CN1C(=O)CCNc1ccccc1. The Kier molecular flexibility index (Phi) is 7.93. The van der Waals surface area contributed by atoms with E-state index in [1.54, 1.807) is 12.5 Å². The van der Waals surface area contributed by atoms with Gasteiger partial charge in [0, 0.05) is 56.1 Å². The molecule has 172 valence electrons. The van der Waals surface area contributed by atoms with Gasteiger partial charge in [0.05, 0.1) is 12.4 Å². The first kappa shape index (κ1) is 22.5. The molecule has 0 unspecified atom stereocenters. The first-order valence-electron chi connectivity index (χ1n) is 12.0. The predicted octanol–water partition coefficient (Wildman–Crippen LogP) is 3.02. The summed E-state index contributed by atoms with van der Waals surface area (Å²) in [4.78, 5) is 34.0. The van der Waals surface area contributed by atoms with Gasteiger partial charge >= 0.3 is 0 Å². The number of fused-ring (bicyclic) bond motifs is 1. The summed E-state index contributed by atoms with van der Waals surface area (Å²) in [6, 6.07) is 9.87. The van der Waals surface area contributed by atoms with Crippen LogP contribution in [-0.2, 0) is 16.0 Å². The first-order valence-corrected chi connectivity index (χ1v) is 12.0. The number of rotatable bonds is 10. The largest absolute Gasteiger partial charge is 0.385 e. The highest BCUT2D eigenvalue weighted by molar-refractivity contribution is 5.77. The number of nitrogens with one attached hydrogen (secondary N) is 3. The van der Waals surface area contributed by atoms with Gasteiger partial charge in [-0.3, -0.25) is 4.79 Å². The van der Waals surface area contributed by atoms with Gasteiger partial charge in [-0.2, -0.15) is 0 Å². The fourth-order valence-corrected chi connectivity index (χ4v) is 5.31. The Labute approximate surface area is 190 Å². The van der Waals surface area contributed by atoms with Crippen LogP contribution in [0.2, 0.25) is 0 Å². The molecule has 32 heavy (non-hydrogen) atoms. The van der Waals surface area contributed by atoms with E-state index in [1.165, 1.54) is 25.7 Å². The van der Waals surface area contributed by atoms with Crippen LogP contribution in [0.3, 0.4) is 0 Å². The molecule has 2 heterocycles. The number of piperidine rings is 1. The second-order valence-electron chi connectivity index (χ2n) is 9.21. The van der Waals surface area contributed by atoms with Gasteiger partial charge in [-0.1, -0.05) is 37.5 Å². The molecular weight excluding hydrogens is 402 g/mol. The Hall–Kier alpha value is -2.67. The van der Waals surface area contributed by atoms with E-state index in [-0.39, 0.29) is 18.0 Å². The molecule has 7 nitrogen and oxygen atoms in total. The fourth-order valence-electron chi connectivity index (χ4n) is 5.31.